The minimum Gasteiger partial charge on any atom is -0.357 e. The van der Waals surface area contributed by atoms with Crippen LogP contribution in [0, 0.1) is 11.8 Å². The first-order chi connectivity index (χ1) is 12.3. The van der Waals surface area contributed by atoms with Gasteiger partial charge in [0.2, 0.25) is 0 Å². The van der Waals surface area contributed by atoms with Crippen LogP contribution in [0.3, 0.4) is 0 Å². The van der Waals surface area contributed by atoms with Crippen molar-refractivity contribution < 1.29 is 8.42 Å². The van der Waals surface area contributed by atoms with Crippen LogP contribution in [0.1, 0.15) is 51.3 Å². The van der Waals surface area contributed by atoms with Crippen molar-refractivity contribution in [2.45, 2.75) is 46.6 Å². The van der Waals surface area contributed by atoms with E-state index < -0.39 is 9.84 Å². The highest BCUT2D eigenvalue weighted by Crippen LogP contribution is 2.19. The van der Waals surface area contributed by atoms with Crippen LogP contribution in [0.15, 0.2) is 29.3 Å². The Morgan fingerprint density at radius 1 is 1.23 bits per heavy atom. The zero-order valence-corrected chi connectivity index (χ0v) is 17.3. The number of guanidine groups is 1. The van der Waals surface area contributed by atoms with Crippen LogP contribution >= 0.6 is 0 Å². The molecule has 1 aliphatic heterocycles. The van der Waals surface area contributed by atoms with Crippen molar-refractivity contribution in [3.05, 3.63) is 35.4 Å². The van der Waals surface area contributed by atoms with Crippen molar-refractivity contribution in [3.8, 4) is 0 Å². The largest absolute Gasteiger partial charge is 0.357 e. The highest BCUT2D eigenvalue weighted by atomic mass is 32.2. The molecule has 2 atom stereocenters. The molecule has 1 aromatic carbocycles. The van der Waals surface area contributed by atoms with Gasteiger partial charge in [0, 0.05) is 13.1 Å². The summed E-state index contributed by atoms with van der Waals surface area (Å²) in [6.45, 7) is 9.93. The van der Waals surface area contributed by atoms with Gasteiger partial charge in [0.15, 0.2) is 15.8 Å². The average Bonchev–Trinajstić information content (AvgIpc) is 2.92. The number of hydrogen-bond donors (Lipinski definition) is 2. The van der Waals surface area contributed by atoms with Gasteiger partial charge >= 0.3 is 0 Å². The summed E-state index contributed by atoms with van der Waals surface area (Å²) in [6, 6.07) is 8.86. The van der Waals surface area contributed by atoms with Crippen molar-refractivity contribution >= 4 is 15.8 Å². The van der Waals surface area contributed by atoms with Crippen LogP contribution in [0.25, 0.3) is 0 Å². The highest BCUT2D eigenvalue weighted by Gasteiger charge is 2.27. The minimum absolute atomic E-state index is 0.133. The molecular weight excluding hydrogens is 346 g/mol. The monoisotopic (exact) mass is 379 g/mol. The van der Waals surface area contributed by atoms with E-state index in [-0.39, 0.29) is 17.7 Å². The number of nitrogens with zero attached hydrogens (tertiary/aromatic N) is 1. The fourth-order valence-electron chi connectivity index (χ4n) is 3.26. The smallest absolute Gasteiger partial charge is 0.191 e. The summed E-state index contributed by atoms with van der Waals surface area (Å²) >= 11 is 0. The fraction of sp³-hybridized carbons (Fsp3) is 0.650. The molecule has 2 unspecified atom stereocenters. The topological polar surface area (TPSA) is 70.6 Å². The lowest BCUT2D eigenvalue weighted by Gasteiger charge is -2.19. The minimum atomic E-state index is -2.84. The Labute approximate surface area is 158 Å². The summed E-state index contributed by atoms with van der Waals surface area (Å²) in [6.07, 6.45) is 1.81. The van der Waals surface area contributed by atoms with Gasteiger partial charge in [-0.25, -0.2) is 8.42 Å². The van der Waals surface area contributed by atoms with Gasteiger partial charge in [-0.05, 0) is 49.7 Å². The van der Waals surface area contributed by atoms with Gasteiger partial charge in [0.05, 0.1) is 17.5 Å². The summed E-state index contributed by atoms with van der Waals surface area (Å²) in [4.78, 5) is 4.61. The molecule has 5 nitrogen and oxygen atoms in total. The standard InChI is InChI=1S/C20H33N3O2S/c1-5-21-20(22-13-18-10-11-26(24,25)14-18)23-16(4)19-8-6-17(7-9-19)12-15(2)3/h6-9,15-16,18H,5,10-14H2,1-4H3,(H2,21,22,23). The molecule has 0 radical (unpaired) electrons. The molecule has 1 aliphatic rings. The molecule has 0 aliphatic carbocycles. The van der Waals surface area contributed by atoms with Crippen molar-refractivity contribution in [3.63, 3.8) is 0 Å². The molecule has 0 amide bonds. The summed E-state index contributed by atoms with van der Waals surface area (Å²) in [5.74, 6) is 2.11. The van der Waals surface area contributed by atoms with E-state index in [2.05, 4.69) is 60.7 Å². The van der Waals surface area contributed by atoms with Gasteiger partial charge in [0.25, 0.3) is 0 Å². The molecule has 0 spiro atoms. The van der Waals surface area contributed by atoms with Gasteiger partial charge in [0.1, 0.15) is 0 Å². The molecular formula is C20H33N3O2S. The van der Waals surface area contributed by atoms with Crippen LogP contribution in [0.2, 0.25) is 0 Å². The van der Waals surface area contributed by atoms with Crippen molar-refractivity contribution in [1.29, 1.82) is 0 Å². The molecule has 1 heterocycles. The van der Waals surface area contributed by atoms with Crippen LogP contribution in [-0.2, 0) is 16.3 Å². The lowest BCUT2D eigenvalue weighted by atomic mass is 10.00. The van der Waals surface area contributed by atoms with Gasteiger partial charge in [-0.2, -0.15) is 0 Å². The summed E-state index contributed by atoms with van der Waals surface area (Å²) < 4.78 is 23.2. The zero-order valence-electron chi connectivity index (χ0n) is 16.5. The first kappa shape index (κ1) is 20.7. The third-order valence-corrected chi connectivity index (χ3v) is 6.49. The Bertz CT molecular complexity index is 696. The normalized spacial score (nSPS) is 21.0. The summed E-state index contributed by atoms with van der Waals surface area (Å²) in [5.41, 5.74) is 2.57. The molecule has 2 rings (SSSR count). The molecule has 0 bridgehead atoms. The maximum Gasteiger partial charge on any atom is 0.191 e. The van der Waals surface area contributed by atoms with E-state index in [9.17, 15) is 8.42 Å². The van der Waals surface area contributed by atoms with Crippen molar-refractivity contribution in [2.24, 2.45) is 16.8 Å². The second-order valence-electron chi connectivity index (χ2n) is 7.69. The zero-order chi connectivity index (χ0) is 19.2. The van der Waals surface area contributed by atoms with E-state index >= 15 is 0 Å². The maximum absolute atomic E-state index is 11.6. The van der Waals surface area contributed by atoms with Crippen LogP contribution < -0.4 is 10.6 Å². The van der Waals surface area contributed by atoms with E-state index in [1.807, 2.05) is 6.92 Å². The van der Waals surface area contributed by atoms with Gasteiger partial charge in [-0.1, -0.05) is 38.1 Å². The second kappa shape index (κ2) is 9.40. The van der Waals surface area contributed by atoms with Gasteiger partial charge in [-0.3, -0.25) is 4.99 Å². The van der Waals surface area contributed by atoms with E-state index in [1.54, 1.807) is 0 Å². The maximum atomic E-state index is 11.6. The lowest BCUT2D eigenvalue weighted by Crippen LogP contribution is -2.39. The first-order valence-corrected chi connectivity index (χ1v) is 11.4. The Kier molecular flexibility index (Phi) is 7.50. The van der Waals surface area contributed by atoms with Crippen molar-refractivity contribution in [2.75, 3.05) is 24.6 Å². The molecule has 1 fully saturated rings. The fourth-order valence-corrected chi connectivity index (χ4v) is 5.11. The van der Waals surface area contributed by atoms with Gasteiger partial charge in [-0.15, -0.1) is 0 Å². The van der Waals surface area contributed by atoms with E-state index in [0.717, 1.165) is 25.3 Å². The highest BCUT2D eigenvalue weighted by molar-refractivity contribution is 7.91. The van der Waals surface area contributed by atoms with Crippen LogP contribution in [0.5, 0.6) is 0 Å². The Morgan fingerprint density at radius 3 is 2.46 bits per heavy atom. The number of aliphatic imine (C=N–C) groups is 1. The van der Waals surface area contributed by atoms with Crippen molar-refractivity contribution in [1.82, 2.24) is 10.6 Å². The van der Waals surface area contributed by atoms with Crippen LogP contribution in [-0.4, -0.2) is 39.0 Å². The molecule has 1 saturated heterocycles. The third-order valence-electron chi connectivity index (χ3n) is 4.66. The number of benzene rings is 1. The lowest BCUT2D eigenvalue weighted by molar-refractivity contribution is 0.587. The number of nitrogens with one attached hydrogen (secondary N) is 2. The van der Waals surface area contributed by atoms with Gasteiger partial charge < -0.3 is 10.6 Å². The molecule has 1 aromatic rings. The summed E-state index contributed by atoms with van der Waals surface area (Å²) in [5, 5.41) is 6.68. The Morgan fingerprint density at radius 2 is 1.92 bits per heavy atom. The Balaban J connectivity index is 1.96. The molecule has 6 heteroatoms. The molecule has 2 N–H and O–H groups in total. The number of rotatable bonds is 7. The average molecular weight is 380 g/mol. The second-order valence-corrected chi connectivity index (χ2v) is 9.92. The molecule has 26 heavy (non-hydrogen) atoms. The SMILES string of the molecule is CCNC(=NCC1CCS(=O)(=O)C1)NC(C)c1ccc(CC(C)C)cc1. The van der Waals surface area contributed by atoms with E-state index in [1.165, 1.54) is 11.1 Å². The molecule has 0 aromatic heterocycles. The first-order valence-electron chi connectivity index (χ1n) is 9.63. The van der Waals surface area contributed by atoms with E-state index in [0.29, 0.717) is 18.2 Å². The van der Waals surface area contributed by atoms with Crippen LogP contribution in [0.4, 0.5) is 0 Å². The molecule has 0 saturated carbocycles. The molecule has 146 valence electrons. The number of sulfone groups is 1. The predicted molar refractivity (Wildman–Crippen MR) is 109 cm³/mol. The Hall–Kier alpha value is -1.56. The van der Waals surface area contributed by atoms with E-state index in [4.69, 9.17) is 0 Å². The predicted octanol–water partition coefficient (Wildman–Crippen LogP) is 2.94. The summed E-state index contributed by atoms with van der Waals surface area (Å²) in [7, 11) is -2.84. The third kappa shape index (κ3) is 6.63. The number of hydrogen-bond acceptors (Lipinski definition) is 3. The quantitative estimate of drug-likeness (QED) is 0.564.